The summed E-state index contributed by atoms with van der Waals surface area (Å²) in [6, 6.07) is 14.0. The monoisotopic (exact) mass is 364 g/mol. The van der Waals surface area contributed by atoms with Crippen LogP contribution in [0.15, 0.2) is 42.5 Å². The Hall–Kier alpha value is -2.62. The number of rotatable bonds is 6. The standard InChI is InChI=1S/C23H28N2O2/c1-16-7-3-6-10-21(16)23(27)24-14-13-22(26)25-17(2)19-12-11-18-8-4-5-9-20(18)15-19/h3,6-7,10-12,15,17H,4-5,8-9,13-14H2,1-2H3,(H,24,27)(H,25,26)/t17-/m0/s1. The van der Waals surface area contributed by atoms with Gasteiger partial charge in [-0.2, -0.15) is 0 Å². The van der Waals surface area contributed by atoms with Crippen molar-refractivity contribution in [1.82, 2.24) is 10.6 Å². The molecule has 0 saturated carbocycles. The second-order valence-electron chi connectivity index (χ2n) is 7.35. The highest BCUT2D eigenvalue weighted by atomic mass is 16.2. The number of aryl methyl sites for hydroxylation is 3. The van der Waals surface area contributed by atoms with Crippen molar-refractivity contribution in [3.8, 4) is 0 Å². The van der Waals surface area contributed by atoms with Crippen molar-refractivity contribution in [2.75, 3.05) is 6.54 Å². The summed E-state index contributed by atoms with van der Waals surface area (Å²) in [7, 11) is 0. The molecular formula is C23H28N2O2. The van der Waals surface area contributed by atoms with E-state index in [0.29, 0.717) is 12.1 Å². The lowest BCUT2D eigenvalue weighted by molar-refractivity contribution is -0.121. The van der Waals surface area contributed by atoms with Gasteiger partial charge in [0.15, 0.2) is 0 Å². The van der Waals surface area contributed by atoms with E-state index in [1.165, 1.54) is 24.0 Å². The van der Waals surface area contributed by atoms with E-state index >= 15 is 0 Å². The topological polar surface area (TPSA) is 58.2 Å². The van der Waals surface area contributed by atoms with E-state index in [0.717, 1.165) is 24.0 Å². The molecule has 0 unspecified atom stereocenters. The second kappa shape index (κ2) is 8.85. The summed E-state index contributed by atoms with van der Waals surface area (Å²) in [5.41, 5.74) is 5.60. The minimum absolute atomic E-state index is 0.0307. The predicted molar refractivity (Wildman–Crippen MR) is 108 cm³/mol. The van der Waals surface area contributed by atoms with Crippen LogP contribution in [0.1, 0.15) is 64.8 Å². The third-order valence-electron chi connectivity index (χ3n) is 5.28. The minimum atomic E-state index is -0.136. The molecule has 4 heteroatoms. The van der Waals surface area contributed by atoms with E-state index in [4.69, 9.17) is 0 Å². The van der Waals surface area contributed by atoms with E-state index in [9.17, 15) is 9.59 Å². The van der Waals surface area contributed by atoms with Crippen molar-refractivity contribution in [1.29, 1.82) is 0 Å². The zero-order valence-electron chi connectivity index (χ0n) is 16.2. The van der Waals surface area contributed by atoms with Crippen molar-refractivity contribution in [3.05, 3.63) is 70.3 Å². The molecule has 0 radical (unpaired) electrons. The van der Waals surface area contributed by atoms with Gasteiger partial charge in [0.1, 0.15) is 0 Å². The summed E-state index contributed by atoms with van der Waals surface area (Å²) >= 11 is 0. The number of hydrogen-bond donors (Lipinski definition) is 2. The second-order valence-corrected chi connectivity index (χ2v) is 7.35. The Morgan fingerprint density at radius 2 is 1.78 bits per heavy atom. The average Bonchev–Trinajstić information content (AvgIpc) is 2.67. The summed E-state index contributed by atoms with van der Waals surface area (Å²) in [6.45, 7) is 4.24. The van der Waals surface area contributed by atoms with Crippen LogP contribution >= 0.6 is 0 Å². The molecule has 1 aliphatic carbocycles. The van der Waals surface area contributed by atoms with Crippen molar-refractivity contribution in [2.45, 2.75) is 52.0 Å². The van der Waals surface area contributed by atoms with Gasteiger partial charge < -0.3 is 10.6 Å². The van der Waals surface area contributed by atoms with Crippen LogP contribution in [0.5, 0.6) is 0 Å². The van der Waals surface area contributed by atoms with Crippen LogP contribution in [0.4, 0.5) is 0 Å². The van der Waals surface area contributed by atoms with Crippen LogP contribution in [0.2, 0.25) is 0 Å². The van der Waals surface area contributed by atoms with Crippen molar-refractivity contribution >= 4 is 11.8 Å². The molecule has 0 aromatic heterocycles. The van der Waals surface area contributed by atoms with Crippen molar-refractivity contribution in [3.63, 3.8) is 0 Å². The Labute approximate surface area is 161 Å². The molecule has 2 amide bonds. The molecule has 0 bridgehead atoms. The molecule has 0 spiro atoms. The Balaban J connectivity index is 1.48. The summed E-state index contributed by atoms with van der Waals surface area (Å²) in [5.74, 6) is -0.186. The SMILES string of the molecule is Cc1ccccc1C(=O)NCCC(=O)N[C@@H](C)c1ccc2c(c1)CCCC2. The minimum Gasteiger partial charge on any atom is -0.352 e. The van der Waals surface area contributed by atoms with Gasteiger partial charge >= 0.3 is 0 Å². The van der Waals surface area contributed by atoms with Gasteiger partial charge in [-0.25, -0.2) is 0 Å². The smallest absolute Gasteiger partial charge is 0.251 e. The van der Waals surface area contributed by atoms with Crippen molar-refractivity contribution in [2.24, 2.45) is 0 Å². The molecule has 142 valence electrons. The lowest BCUT2D eigenvalue weighted by Crippen LogP contribution is -2.32. The molecule has 0 heterocycles. The molecule has 2 aromatic rings. The Morgan fingerprint density at radius 3 is 2.56 bits per heavy atom. The first-order chi connectivity index (χ1) is 13.0. The first-order valence-corrected chi connectivity index (χ1v) is 9.79. The third-order valence-corrected chi connectivity index (χ3v) is 5.28. The fourth-order valence-electron chi connectivity index (χ4n) is 3.63. The van der Waals surface area contributed by atoms with Gasteiger partial charge in [0.2, 0.25) is 5.91 Å². The van der Waals surface area contributed by atoms with Gasteiger partial charge in [-0.15, -0.1) is 0 Å². The first kappa shape index (κ1) is 19.2. The number of benzene rings is 2. The van der Waals surface area contributed by atoms with Crippen LogP contribution in [0.3, 0.4) is 0 Å². The van der Waals surface area contributed by atoms with E-state index in [2.05, 4.69) is 28.8 Å². The number of hydrogen-bond acceptors (Lipinski definition) is 2. The molecule has 2 N–H and O–H groups in total. The van der Waals surface area contributed by atoms with Gasteiger partial charge in [-0.3, -0.25) is 9.59 Å². The summed E-state index contributed by atoms with van der Waals surface area (Å²) in [6.07, 6.45) is 5.09. The summed E-state index contributed by atoms with van der Waals surface area (Å²) in [4.78, 5) is 24.4. The number of carbonyl (C=O) groups excluding carboxylic acids is 2. The summed E-state index contributed by atoms with van der Waals surface area (Å²) < 4.78 is 0. The molecule has 3 rings (SSSR count). The molecule has 0 saturated heterocycles. The van der Waals surface area contributed by atoms with E-state index in [1.807, 2.05) is 32.0 Å². The van der Waals surface area contributed by atoms with Crippen LogP contribution in [0.25, 0.3) is 0 Å². The lowest BCUT2D eigenvalue weighted by atomic mass is 9.89. The molecule has 1 atom stereocenters. The normalized spacial score (nSPS) is 14.1. The van der Waals surface area contributed by atoms with E-state index < -0.39 is 0 Å². The fraction of sp³-hybridized carbons (Fsp3) is 0.391. The third kappa shape index (κ3) is 4.97. The highest BCUT2D eigenvalue weighted by molar-refractivity contribution is 5.95. The van der Waals surface area contributed by atoms with E-state index in [-0.39, 0.29) is 24.3 Å². The molecule has 1 aliphatic rings. The number of carbonyl (C=O) groups is 2. The zero-order valence-corrected chi connectivity index (χ0v) is 16.2. The van der Waals surface area contributed by atoms with Crippen LogP contribution in [-0.4, -0.2) is 18.4 Å². The lowest BCUT2D eigenvalue weighted by Gasteiger charge is -2.20. The number of amides is 2. The Kier molecular flexibility index (Phi) is 6.28. The van der Waals surface area contributed by atoms with Gasteiger partial charge in [-0.05, 0) is 67.9 Å². The maximum Gasteiger partial charge on any atom is 0.251 e. The number of nitrogens with one attached hydrogen (secondary N) is 2. The van der Waals surface area contributed by atoms with Crippen LogP contribution < -0.4 is 10.6 Å². The molecule has 0 fully saturated rings. The first-order valence-electron chi connectivity index (χ1n) is 9.79. The van der Waals surface area contributed by atoms with Crippen LogP contribution in [0, 0.1) is 6.92 Å². The maximum atomic E-state index is 12.2. The highest BCUT2D eigenvalue weighted by Crippen LogP contribution is 2.24. The van der Waals surface area contributed by atoms with Gasteiger partial charge in [0, 0.05) is 18.5 Å². The molecule has 27 heavy (non-hydrogen) atoms. The van der Waals surface area contributed by atoms with Crippen LogP contribution in [-0.2, 0) is 17.6 Å². The summed E-state index contributed by atoms with van der Waals surface area (Å²) in [5, 5.41) is 5.86. The Morgan fingerprint density at radius 1 is 1.04 bits per heavy atom. The largest absolute Gasteiger partial charge is 0.352 e. The number of fused-ring (bicyclic) bond motifs is 1. The molecular weight excluding hydrogens is 336 g/mol. The molecule has 4 nitrogen and oxygen atoms in total. The van der Waals surface area contributed by atoms with Gasteiger partial charge in [0.25, 0.3) is 5.91 Å². The van der Waals surface area contributed by atoms with E-state index in [1.54, 1.807) is 6.07 Å². The predicted octanol–water partition coefficient (Wildman–Crippen LogP) is 3.87. The zero-order chi connectivity index (χ0) is 19.2. The molecule has 2 aromatic carbocycles. The van der Waals surface area contributed by atoms with Gasteiger partial charge in [0.05, 0.1) is 6.04 Å². The maximum absolute atomic E-state index is 12.2. The van der Waals surface area contributed by atoms with Gasteiger partial charge in [-0.1, -0.05) is 36.4 Å². The molecule has 0 aliphatic heterocycles. The fourth-order valence-corrected chi connectivity index (χ4v) is 3.63. The average molecular weight is 364 g/mol. The quantitative estimate of drug-likeness (QED) is 0.817. The van der Waals surface area contributed by atoms with Crippen molar-refractivity contribution < 1.29 is 9.59 Å². The Bertz CT molecular complexity index is 829. The highest BCUT2D eigenvalue weighted by Gasteiger charge is 2.14.